The Kier molecular flexibility index (Phi) is 9.04. The minimum absolute atomic E-state index is 0.104. The standard InChI is InChI=1S/C20H20F2N4O6S2/c21-19(22)32-17-9-5-4-6-14(17)12-33(28,29)13-16(18(27)25-11-10-23)26-20(24)34(30,31)15-7-2-1-3-8-15/h1-9,16,19H,11-13H2,(H2,24,26)(H,25,27). The van der Waals surface area contributed by atoms with E-state index in [2.05, 4.69) is 15.0 Å². The Bertz CT molecular complexity index is 1290. The van der Waals surface area contributed by atoms with Gasteiger partial charge in [-0.3, -0.25) is 4.79 Å². The second-order valence-corrected chi connectivity index (χ2v) is 10.7. The van der Waals surface area contributed by atoms with Gasteiger partial charge in [-0.05, 0) is 18.2 Å². The number of nitrogens with two attached hydrogens (primary N) is 1. The molecule has 1 atom stereocenters. The molecule has 2 rings (SSSR count). The molecule has 0 spiro atoms. The first-order valence-electron chi connectivity index (χ1n) is 9.47. The lowest BCUT2D eigenvalue weighted by atomic mass is 10.2. The largest absolute Gasteiger partial charge is 0.435 e. The normalized spacial score (nSPS) is 13.2. The van der Waals surface area contributed by atoms with E-state index in [0.717, 1.165) is 6.07 Å². The molecule has 2 aromatic rings. The summed E-state index contributed by atoms with van der Waals surface area (Å²) in [5.74, 6) is -3.26. The molecule has 1 unspecified atom stereocenters. The summed E-state index contributed by atoms with van der Waals surface area (Å²) in [6.45, 7) is -3.69. The zero-order chi connectivity index (χ0) is 25.4. The predicted molar refractivity (Wildman–Crippen MR) is 118 cm³/mol. The van der Waals surface area contributed by atoms with E-state index in [9.17, 15) is 30.4 Å². The van der Waals surface area contributed by atoms with Crippen LogP contribution in [0, 0.1) is 11.3 Å². The summed E-state index contributed by atoms with van der Waals surface area (Å²) in [7, 11) is -8.58. The van der Waals surface area contributed by atoms with Crippen LogP contribution in [-0.4, -0.2) is 52.9 Å². The lowest BCUT2D eigenvalue weighted by Gasteiger charge is -2.15. The maximum atomic E-state index is 12.8. The number of para-hydroxylation sites is 1. The fraction of sp³-hybridized carbons (Fsp3) is 0.250. The second kappa shape index (κ2) is 11.5. The molecule has 0 heterocycles. The molecule has 0 bridgehead atoms. The van der Waals surface area contributed by atoms with Crippen LogP contribution in [0.15, 0.2) is 64.5 Å². The number of carbonyl (C=O) groups excluding carboxylic acids is 1. The van der Waals surface area contributed by atoms with Crippen molar-refractivity contribution < 1.29 is 35.1 Å². The molecule has 0 radical (unpaired) electrons. The van der Waals surface area contributed by atoms with Gasteiger partial charge in [0.05, 0.1) is 22.5 Å². The number of alkyl halides is 2. The molecule has 0 saturated carbocycles. The molecule has 2 aromatic carbocycles. The van der Waals surface area contributed by atoms with Crippen molar-refractivity contribution in [1.82, 2.24) is 5.32 Å². The highest BCUT2D eigenvalue weighted by Crippen LogP contribution is 2.23. The van der Waals surface area contributed by atoms with E-state index in [-0.39, 0.29) is 16.2 Å². The third-order valence-electron chi connectivity index (χ3n) is 4.23. The average Bonchev–Trinajstić information content (AvgIpc) is 2.78. The highest BCUT2D eigenvalue weighted by Gasteiger charge is 2.29. The molecule has 0 aliphatic heterocycles. The fourth-order valence-electron chi connectivity index (χ4n) is 2.73. The number of amides is 1. The minimum Gasteiger partial charge on any atom is -0.435 e. The smallest absolute Gasteiger partial charge is 0.387 e. The Morgan fingerprint density at radius 1 is 1.09 bits per heavy atom. The van der Waals surface area contributed by atoms with E-state index in [1.807, 2.05) is 0 Å². The molecule has 0 aliphatic rings. The van der Waals surface area contributed by atoms with Gasteiger partial charge in [0.15, 0.2) is 9.84 Å². The number of ether oxygens (including phenoxy) is 1. The summed E-state index contributed by atoms with van der Waals surface area (Å²) in [5, 5.41) is 9.77. The van der Waals surface area contributed by atoms with Gasteiger partial charge in [-0.1, -0.05) is 36.4 Å². The number of carbonyl (C=O) groups is 1. The van der Waals surface area contributed by atoms with Crippen LogP contribution in [0.1, 0.15) is 5.56 Å². The zero-order valence-electron chi connectivity index (χ0n) is 17.5. The summed E-state index contributed by atoms with van der Waals surface area (Å²) < 4.78 is 80.4. The highest BCUT2D eigenvalue weighted by molar-refractivity contribution is 8.06. The SMILES string of the molecule is N#CCNC(=O)C(CS(=O)(=O)Cc1ccccc1OC(F)F)N=C(N)S(=O)(=O)c1ccccc1. The Hall–Kier alpha value is -3.57. The maximum Gasteiger partial charge on any atom is 0.387 e. The number of nitriles is 1. The maximum absolute atomic E-state index is 12.8. The molecule has 3 N–H and O–H groups in total. The number of amidine groups is 1. The van der Waals surface area contributed by atoms with Gasteiger partial charge < -0.3 is 15.8 Å². The molecule has 0 fully saturated rings. The van der Waals surface area contributed by atoms with Gasteiger partial charge >= 0.3 is 6.61 Å². The number of nitrogens with zero attached hydrogens (tertiary/aromatic N) is 2. The van der Waals surface area contributed by atoms with Crippen LogP contribution >= 0.6 is 0 Å². The van der Waals surface area contributed by atoms with Gasteiger partial charge in [0.25, 0.3) is 0 Å². The Morgan fingerprint density at radius 2 is 1.71 bits per heavy atom. The molecule has 182 valence electrons. The van der Waals surface area contributed by atoms with Crippen molar-refractivity contribution in [2.75, 3.05) is 12.3 Å². The molecule has 34 heavy (non-hydrogen) atoms. The van der Waals surface area contributed by atoms with Crippen LogP contribution < -0.4 is 15.8 Å². The minimum atomic E-state index is -4.34. The number of rotatable bonds is 10. The van der Waals surface area contributed by atoms with E-state index >= 15 is 0 Å². The van der Waals surface area contributed by atoms with Crippen LogP contribution in [0.4, 0.5) is 8.78 Å². The van der Waals surface area contributed by atoms with Crippen molar-refractivity contribution in [3.8, 4) is 11.8 Å². The first-order valence-corrected chi connectivity index (χ1v) is 12.8. The van der Waals surface area contributed by atoms with Crippen molar-refractivity contribution in [2.45, 2.75) is 23.3 Å². The van der Waals surface area contributed by atoms with Gasteiger partial charge in [-0.15, -0.1) is 0 Å². The summed E-state index contributed by atoms with van der Waals surface area (Å²) in [6.07, 6.45) is 0. The van der Waals surface area contributed by atoms with Crippen molar-refractivity contribution in [1.29, 1.82) is 5.26 Å². The highest BCUT2D eigenvalue weighted by atomic mass is 32.2. The second-order valence-electron chi connectivity index (χ2n) is 6.72. The molecular formula is C20H20F2N4O6S2. The number of aliphatic imine (C=N–C) groups is 1. The third-order valence-corrected chi connectivity index (χ3v) is 7.36. The van der Waals surface area contributed by atoms with Crippen LogP contribution in [0.2, 0.25) is 0 Å². The molecule has 10 nitrogen and oxygen atoms in total. The lowest BCUT2D eigenvalue weighted by Crippen LogP contribution is -2.40. The van der Waals surface area contributed by atoms with Crippen molar-refractivity contribution in [3.05, 3.63) is 60.2 Å². The van der Waals surface area contributed by atoms with Crippen molar-refractivity contribution >= 4 is 30.7 Å². The fourth-order valence-corrected chi connectivity index (χ4v) is 5.29. The molecule has 1 amide bonds. The van der Waals surface area contributed by atoms with Crippen LogP contribution in [0.25, 0.3) is 0 Å². The average molecular weight is 515 g/mol. The summed E-state index contributed by atoms with van der Waals surface area (Å²) in [5.41, 5.74) is 5.52. The Balaban J connectivity index is 2.37. The third kappa shape index (κ3) is 7.49. The number of halogens is 2. The number of sulfone groups is 2. The van der Waals surface area contributed by atoms with Gasteiger partial charge in [0.2, 0.25) is 20.9 Å². The number of hydrogen-bond donors (Lipinski definition) is 2. The predicted octanol–water partition coefficient (Wildman–Crippen LogP) is 1.000. The van der Waals surface area contributed by atoms with Crippen molar-refractivity contribution in [3.63, 3.8) is 0 Å². The molecule has 0 aromatic heterocycles. The van der Waals surface area contributed by atoms with E-state index in [4.69, 9.17) is 11.0 Å². The molecule has 0 aliphatic carbocycles. The first kappa shape index (κ1) is 26.7. The van der Waals surface area contributed by atoms with E-state index in [1.165, 1.54) is 42.5 Å². The molecule has 0 saturated heterocycles. The van der Waals surface area contributed by atoms with Crippen molar-refractivity contribution in [2.24, 2.45) is 10.7 Å². The summed E-state index contributed by atoms with van der Waals surface area (Å²) >= 11 is 0. The van der Waals surface area contributed by atoms with Gasteiger partial charge in [-0.2, -0.15) is 14.0 Å². The van der Waals surface area contributed by atoms with Gasteiger partial charge in [0, 0.05) is 5.56 Å². The first-order chi connectivity index (χ1) is 16.0. The van der Waals surface area contributed by atoms with E-state index in [1.54, 1.807) is 12.1 Å². The number of nitrogens with one attached hydrogen (secondary N) is 1. The quantitative estimate of drug-likeness (QED) is 0.269. The van der Waals surface area contributed by atoms with Gasteiger partial charge in [0.1, 0.15) is 18.3 Å². The van der Waals surface area contributed by atoms with Crippen LogP contribution in [0.5, 0.6) is 5.75 Å². The summed E-state index contributed by atoms with van der Waals surface area (Å²) in [6, 6.07) is 11.9. The molecule has 14 heteroatoms. The zero-order valence-corrected chi connectivity index (χ0v) is 19.1. The van der Waals surface area contributed by atoms with E-state index < -0.39 is 61.5 Å². The van der Waals surface area contributed by atoms with Crippen LogP contribution in [0.3, 0.4) is 0 Å². The summed E-state index contributed by atoms with van der Waals surface area (Å²) in [4.78, 5) is 15.8. The topological polar surface area (TPSA) is 169 Å². The molecular weight excluding hydrogens is 494 g/mol. The number of benzene rings is 2. The Morgan fingerprint density at radius 3 is 2.32 bits per heavy atom. The van der Waals surface area contributed by atoms with E-state index in [0.29, 0.717) is 0 Å². The van der Waals surface area contributed by atoms with Gasteiger partial charge in [-0.25, -0.2) is 21.8 Å². The van der Waals surface area contributed by atoms with Crippen LogP contribution in [-0.2, 0) is 30.2 Å². The Labute approximate surface area is 194 Å². The number of hydrogen-bond acceptors (Lipinski definition) is 8. The monoisotopic (exact) mass is 514 g/mol. The lowest BCUT2D eigenvalue weighted by molar-refractivity contribution is -0.121.